The lowest BCUT2D eigenvalue weighted by Crippen LogP contribution is -2.31. The van der Waals surface area contributed by atoms with Gasteiger partial charge in [-0.2, -0.15) is 0 Å². The van der Waals surface area contributed by atoms with E-state index in [1.54, 1.807) is 24.3 Å². The summed E-state index contributed by atoms with van der Waals surface area (Å²) in [7, 11) is 0. The van der Waals surface area contributed by atoms with Gasteiger partial charge in [-0.05, 0) is 18.6 Å². The van der Waals surface area contributed by atoms with Crippen molar-refractivity contribution >= 4 is 23.4 Å². The van der Waals surface area contributed by atoms with Gasteiger partial charge in [0.05, 0.1) is 10.6 Å². The van der Waals surface area contributed by atoms with Crippen LogP contribution < -0.4 is 10.6 Å². The zero-order valence-corrected chi connectivity index (χ0v) is 11.8. The van der Waals surface area contributed by atoms with Crippen molar-refractivity contribution in [2.75, 3.05) is 13.1 Å². The summed E-state index contributed by atoms with van der Waals surface area (Å²) < 4.78 is 0. The molecule has 0 saturated carbocycles. The Kier molecular flexibility index (Phi) is 6.97. The number of carbonyl (C=O) groups is 2. The number of amides is 2. The van der Waals surface area contributed by atoms with Gasteiger partial charge in [-0.1, -0.05) is 37.1 Å². The fourth-order valence-electron chi connectivity index (χ4n) is 1.52. The maximum Gasteiger partial charge on any atom is 0.252 e. The summed E-state index contributed by atoms with van der Waals surface area (Å²) in [5, 5.41) is 5.88. The first-order valence-electron chi connectivity index (χ1n) is 6.44. The minimum absolute atomic E-state index is 0.0482. The molecule has 0 fully saturated rings. The van der Waals surface area contributed by atoms with Gasteiger partial charge in [-0.15, -0.1) is 0 Å². The Morgan fingerprint density at radius 2 is 1.89 bits per heavy atom. The van der Waals surface area contributed by atoms with E-state index in [-0.39, 0.29) is 18.2 Å². The maximum atomic E-state index is 11.8. The molecule has 0 aromatic heterocycles. The fraction of sp³-hybridized carbons (Fsp3) is 0.429. The Morgan fingerprint density at radius 3 is 2.58 bits per heavy atom. The van der Waals surface area contributed by atoms with Gasteiger partial charge in [0, 0.05) is 19.5 Å². The largest absolute Gasteiger partial charge is 0.356 e. The number of halogens is 1. The van der Waals surface area contributed by atoms with E-state index < -0.39 is 0 Å². The van der Waals surface area contributed by atoms with Crippen LogP contribution in [0.1, 0.15) is 36.5 Å². The van der Waals surface area contributed by atoms with Crippen molar-refractivity contribution in [2.45, 2.75) is 26.2 Å². The third-order valence-electron chi connectivity index (χ3n) is 2.61. The molecular weight excluding hydrogens is 264 g/mol. The van der Waals surface area contributed by atoms with Gasteiger partial charge in [0.15, 0.2) is 0 Å². The van der Waals surface area contributed by atoms with Gasteiger partial charge in [-0.25, -0.2) is 0 Å². The molecule has 0 aliphatic carbocycles. The molecular formula is C14H19ClN2O2. The summed E-state index contributed by atoms with van der Waals surface area (Å²) in [5.74, 6) is -0.306. The first-order valence-corrected chi connectivity index (χ1v) is 6.82. The highest BCUT2D eigenvalue weighted by molar-refractivity contribution is 6.33. The summed E-state index contributed by atoms with van der Waals surface area (Å²) >= 11 is 5.90. The van der Waals surface area contributed by atoms with Gasteiger partial charge < -0.3 is 10.6 Å². The number of unbranched alkanes of at least 4 members (excludes halogenated alkanes) is 1. The molecule has 0 heterocycles. The second kappa shape index (κ2) is 8.53. The average Bonchev–Trinajstić information content (AvgIpc) is 2.39. The molecule has 1 aromatic rings. The van der Waals surface area contributed by atoms with E-state index in [0.29, 0.717) is 23.7 Å². The molecule has 1 aromatic carbocycles. The molecule has 19 heavy (non-hydrogen) atoms. The number of rotatable bonds is 7. The van der Waals surface area contributed by atoms with E-state index in [1.807, 2.05) is 0 Å². The van der Waals surface area contributed by atoms with Gasteiger partial charge in [0.2, 0.25) is 5.91 Å². The molecule has 5 heteroatoms. The number of benzene rings is 1. The third-order valence-corrected chi connectivity index (χ3v) is 2.94. The topological polar surface area (TPSA) is 58.2 Å². The zero-order valence-electron chi connectivity index (χ0n) is 11.0. The van der Waals surface area contributed by atoms with E-state index >= 15 is 0 Å². The van der Waals surface area contributed by atoms with Crippen molar-refractivity contribution < 1.29 is 9.59 Å². The Labute approximate surface area is 118 Å². The minimum atomic E-state index is -0.257. The highest BCUT2D eigenvalue weighted by atomic mass is 35.5. The van der Waals surface area contributed by atoms with Crippen LogP contribution in [0.25, 0.3) is 0 Å². The molecule has 0 unspecified atom stereocenters. The predicted molar refractivity (Wildman–Crippen MR) is 76.3 cm³/mol. The van der Waals surface area contributed by atoms with Gasteiger partial charge in [-0.3, -0.25) is 9.59 Å². The molecule has 0 atom stereocenters. The average molecular weight is 283 g/mol. The molecule has 0 saturated heterocycles. The van der Waals surface area contributed by atoms with Crippen molar-refractivity contribution in [1.82, 2.24) is 10.6 Å². The molecule has 0 radical (unpaired) electrons. The summed E-state index contributed by atoms with van der Waals surface area (Å²) in [6.45, 7) is 3.06. The summed E-state index contributed by atoms with van der Waals surface area (Å²) in [5.41, 5.74) is 0.426. The second-order valence-electron chi connectivity index (χ2n) is 4.19. The molecule has 0 aliphatic rings. The van der Waals surface area contributed by atoms with Crippen molar-refractivity contribution in [2.24, 2.45) is 0 Å². The fourth-order valence-corrected chi connectivity index (χ4v) is 1.74. The highest BCUT2D eigenvalue weighted by Crippen LogP contribution is 2.14. The quantitative estimate of drug-likeness (QED) is 0.755. The van der Waals surface area contributed by atoms with E-state index in [1.165, 1.54) is 0 Å². The van der Waals surface area contributed by atoms with Crippen molar-refractivity contribution in [1.29, 1.82) is 0 Å². The molecule has 2 N–H and O–H groups in total. The maximum absolute atomic E-state index is 11.8. The lowest BCUT2D eigenvalue weighted by Gasteiger charge is -2.07. The van der Waals surface area contributed by atoms with Gasteiger partial charge >= 0.3 is 0 Å². The molecule has 0 spiro atoms. The Hall–Kier alpha value is -1.55. The first-order chi connectivity index (χ1) is 9.15. The Balaban J connectivity index is 2.28. The summed E-state index contributed by atoms with van der Waals surface area (Å²) in [4.78, 5) is 23.2. The molecule has 0 aliphatic heterocycles. The van der Waals surface area contributed by atoms with Crippen LogP contribution >= 0.6 is 11.6 Å². The standard InChI is InChI=1S/C14H19ClN2O2/c1-2-3-9-16-13(18)8-10-17-14(19)11-6-4-5-7-12(11)15/h4-7H,2-3,8-10H2,1H3,(H,16,18)(H,17,19). The first kappa shape index (κ1) is 15.5. The lowest BCUT2D eigenvalue weighted by atomic mass is 10.2. The highest BCUT2D eigenvalue weighted by Gasteiger charge is 2.09. The van der Waals surface area contributed by atoms with E-state index in [9.17, 15) is 9.59 Å². The molecule has 1 rings (SSSR count). The van der Waals surface area contributed by atoms with Gasteiger partial charge in [0.25, 0.3) is 5.91 Å². The zero-order chi connectivity index (χ0) is 14.1. The summed E-state index contributed by atoms with van der Waals surface area (Å²) in [6, 6.07) is 6.82. The predicted octanol–water partition coefficient (Wildman–Crippen LogP) is 2.38. The van der Waals surface area contributed by atoms with Crippen LogP contribution in [0.3, 0.4) is 0 Å². The van der Waals surface area contributed by atoms with E-state index in [4.69, 9.17) is 11.6 Å². The van der Waals surface area contributed by atoms with Crippen molar-refractivity contribution in [3.8, 4) is 0 Å². The van der Waals surface area contributed by atoms with Crippen molar-refractivity contribution in [3.63, 3.8) is 0 Å². The molecule has 2 amide bonds. The number of nitrogens with one attached hydrogen (secondary N) is 2. The van der Waals surface area contributed by atoms with Crippen LogP contribution in [0, 0.1) is 0 Å². The number of carbonyl (C=O) groups excluding carboxylic acids is 2. The van der Waals surface area contributed by atoms with Crippen LogP contribution in [0.5, 0.6) is 0 Å². The molecule has 4 nitrogen and oxygen atoms in total. The van der Waals surface area contributed by atoms with Crippen LogP contribution in [0.15, 0.2) is 24.3 Å². The number of hydrogen-bond acceptors (Lipinski definition) is 2. The molecule has 104 valence electrons. The molecule has 0 bridgehead atoms. The number of hydrogen-bond donors (Lipinski definition) is 2. The Morgan fingerprint density at radius 1 is 1.16 bits per heavy atom. The second-order valence-corrected chi connectivity index (χ2v) is 4.60. The van der Waals surface area contributed by atoms with E-state index in [0.717, 1.165) is 12.8 Å². The van der Waals surface area contributed by atoms with Crippen molar-refractivity contribution in [3.05, 3.63) is 34.9 Å². The minimum Gasteiger partial charge on any atom is -0.356 e. The Bertz CT molecular complexity index is 435. The normalized spacial score (nSPS) is 10.0. The third kappa shape index (κ3) is 5.75. The summed E-state index contributed by atoms with van der Waals surface area (Å²) in [6.07, 6.45) is 2.29. The SMILES string of the molecule is CCCCNC(=O)CCNC(=O)c1ccccc1Cl. The smallest absolute Gasteiger partial charge is 0.252 e. The monoisotopic (exact) mass is 282 g/mol. The van der Waals surface area contributed by atoms with Crippen LogP contribution in [-0.2, 0) is 4.79 Å². The van der Waals surface area contributed by atoms with Crippen LogP contribution in [0.2, 0.25) is 5.02 Å². The van der Waals surface area contributed by atoms with Gasteiger partial charge in [0.1, 0.15) is 0 Å². The van der Waals surface area contributed by atoms with E-state index in [2.05, 4.69) is 17.6 Å². The lowest BCUT2D eigenvalue weighted by molar-refractivity contribution is -0.120. The van der Waals surface area contributed by atoms with Crippen LogP contribution in [0.4, 0.5) is 0 Å². The van der Waals surface area contributed by atoms with Crippen LogP contribution in [-0.4, -0.2) is 24.9 Å².